The van der Waals surface area contributed by atoms with Gasteiger partial charge in [0.15, 0.2) is 16.3 Å². The molecular formula is C18H22N6O3S. The van der Waals surface area contributed by atoms with Gasteiger partial charge in [-0.25, -0.2) is 19.3 Å². The number of hydrogen-bond acceptors (Lipinski definition) is 6. The highest BCUT2D eigenvalue weighted by atomic mass is 32.1. The summed E-state index contributed by atoms with van der Waals surface area (Å²) < 4.78 is 3.75. The smallest absolute Gasteiger partial charge is 0.328 e. The number of carbonyl (C=O) groups excluding carboxylic acids is 1. The van der Waals surface area contributed by atoms with E-state index in [2.05, 4.69) is 22.2 Å². The number of anilines is 1. The predicted octanol–water partition coefficient (Wildman–Crippen LogP) is 1.04. The molecular weight excluding hydrogens is 380 g/mol. The molecule has 0 bridgehead atoms. The van der Waals surface area contributed by atoms with Crippen LogP contribution in [0.5, 0.6) is 0 Å². The molecule has 0 saturated heterocycles. The molecule has 0 saturated carbocycles. The second-order valence-corrected chi connectivity index (χ2v) is 8.30. The van der Waals surface area contributed by atoms with Crippen molar-refractivity contribution in [3.8, 4) is 0 Å². The van der Waals surface area contributed by atoms with Crippen LogP contribution >= 0.6 is 11.3 Å². The number of rotatable bonds is 4. The SMILES string of the molecule is CC[C@@H]1CCc2nc(NC(=O)Cn3c(=O)c4c(ncn4C)n(C)c3=O)sc2C1. The Morgan fingerprint density at radius 1 is 1.36 bits per heavy atom. The lowest BCUT2D eigenvalue weighted by atomic mass is 9.89. The van der Waals surface area contributed by atoms with Crippen molar-refractivity contribution in [3.63, 3.8) is 0 Å². The van der Waals surface area contributed by atoms with E-state index in [4.69, 9.17) is 0 Å². The number of imidazole rings is 1. The van der Waals surface area contributed by atoms with Gasteiger partial charge in [-0.1, -0.05) is 13.3 Å². The summed E-state index contributed by atoms with van der Waals surface area (Å²) in [5.74, 6) is 0.225. The van der Waals surface area contributed by atoms with E-state index in [-0.39, 0.29) is 12.1 Å². The van der Waals surface area contributed by atoms with Crippen LogP contribution in [0.3, 0.4) is 0 Å². The van der Waals surface area contributed by atoms with Gasteiger partial charge in [0.05, 0.1) is 12.0 Å². The highest BCUT2D eigenvalue weighted by molar-refractivity contribution is 7.15. The maximum absolute atomic E-state index is 12.7. The molecule has 1 atom stereocenters. The molecule has 1 amide bonds. The Kier molecular flexibility index (Phi) is 4.66. The van der Waals surface area contributed by atoms with E-state index in [1.807, 2.05) is 0 Å². The number of fused-ring (bicyclic) bond motifs is 2. The number of thiazole rings is 1. The first-order valence-corrected chi connectivity index (χ1v) is 10.1. The number of amides is 1. The van der Waals surface area contributed by atoms with Crippen LogP contribution < -0.4 is 16.6 Å². The van der Waals surface area contributed by atoms with Crippen molar-refractivity contribution < 1.29 is 4.79 Å². The fourth-order valence-corrected chi connectivity index (χ4v) is 4.82. The molecule has 4 rings (SSSR count). The normalized spacial score (nSPS) is 16.3. The van der Waals surface area contributed by atoms with Crippen molar-refractivity contribution in [2.24, 2.45) is 20.0 Å². The van der Waals surface area contributed by atoms with Gasteiger partial charge in [-0.15, -0.1) is 11.3 Å². The van der Waals surface area contributed by atoms with Gasteiger partial charge >= 0.3 is 5.69 Å². The first-order valence-electron chi connectivity index (χ1n) is 9.28. The first-order chi connectivity index (χ1) is 13.4. The largest absolute Gasteiger partial charge is 0.332 e. The number of aryl methyl sites for hydroxylation is 3. The second kappa shape index (κ2) is 7.01. The van der Waals surface area contributed by atoms with Gasteiger partial charge in [0, 0.05) is 19.0 Å². The minimum Gasteiger partial charge on any atom is -0.328 e. The average molecular weight is 402 g/mol. The second-order valence-electron chi connectivity index (χ2n) is 7.21. The molecule has 0 unspecified atom stereocenters. The third kappa shape index (κ3) is 3.07. The number of aromatic nitrogens is 5. The lowest BCUT2D eigenvalue weighted by Gasteiger charge is -2.18. The highest BCUT2D eigenvalue weighted by Crippen LogP contribution is 2.33. The molecule has 3 aromatic rings. The van der Waals surface area contributed by atoms with E-state index >= 15 is 0 Å². The Morgan fingerprint density at radius 3 is 2.89 bits per heavy atom. The van der Waals surface area contributed by atoms with Crippen LogP contribution in [-0.4, -0.2) is 29.6 Å². The zero-order valence-corrected chi connectivity index (χ0v) is 16.9. The van der Waals surface area contributed by atoms with Crippen LogP contribution in [-0.2, 0) is 38.3 Å². The van der Waals surface area contributed by atoms with E-state index in [0.29, 0.717) is 16.7 Å². The molecule has 0 fully saturated rings. The third-order valence-electron chi connectivity index (χ3n) is 5.37. The van der Waals surface area contributed by atoms with Crippen molar-refractivity contribution in [1.82, 2.24) is 23.7 Å². The molecule has 0 spiro atoms. The molecule has 9 nitrogen and oxygen atoms in total. The van der Waals surface area contributed by atoms with Crippen LogP contribution in [0, 0.1) is 5.92 Å². The molecule has 1 N–H and O–H groups in total. The maximum Gasteiger partial charge on any atom is 0.332 e. The molecule has 1 aliphatic carbocycles. The molecule has 3 heterocycles. The summed E-state index contributed by atoms with van der Waals surface area (Å²) in [5.41, 5.74) is 0.528. The van der Waals surface area contributed by atoms with E-state index < -0.39 is 17.2 Å². The Balaban J connectivity index is 1.58. The minimum atomic E-state index is -0.574. The third-order valence-corrected chi connectivity index (χ3v) is 6.40. The van der Waals surface area contributed by atoms with Gasteiger partial charge < -0.3 is 9.88 Å². The lowest BCUT2D eigenvalue weighted by Crippen LogP contribution is -2.42. The Bertz CT molecular complexity index is 1180. The molecule has 1 aliphatic rings. The van der Waals surface area contributed by atoms with Crippen molar-refractivity contribution in [2.45, 2.75) is 39.2 Å². The zero-order valence-electron chi connectivity index (χ0n) is 16.1. The van der Waals surface area contributed by atoms with Crippen LogP contribution in [0.15, 0.2) is 15.9 Å². The van der Waals surface area contributed by atoms with Crippen LogP contribution in [0.2, 0.25) is 0 Å². The number of nitrogens with one attached hydrogen (secondary N) is 1. The van der Waals surface area contributed by atoms with Crippen LogP contribution in [0.25, 0.3) is 11.2 Å². The van der Waals surface area contributed by atoms with Gasteiger partial charge in [-0.2, -0.15) is 0 Å². The summed E-state index contributed by atoms with van der Waals surface area (Å²) in [5, 5.41) is 3.28. The minimum absolute atomic E-state index is 0.283. The van der Waals surface area contributed by atoms with Gasteiger partial charge in [-0.05, 0) is 25.2 Å². The van der Waals surface area contributed by atoms with Crippen LogP contribution in [0.4, 0.5) is 5.13 Å². The Hall–Kier alpha value is -2.75. The monoisotopic (exact) mass is 402 g/mol. The summed E-state index contributed by atoms with van der Waals surface area (Å²) in [6.45, 7) is 1.82. The number of hydrogen-bond donors (Lipinski definition) is 1. The van der Waals surface area contributed by atoms with E-state index in [1.165, 1.54) is 34.2 Å². The van der Waals surface area contributed by atoms with Crippen molar-refractivity contribution in [1.29, 1.82) is 0 Å². The van der Waals surface area contributed by atoms with E-state index in [0.717, 1.165) is 35.9 Å². The fraction of sp³-hybridized carbons (Fsp3) is 0.500. The zero-order chi connectivity index (χ0) is 20.0. The quantitative estimate of drug-likeness (QED) is 0.702. The molecule has 0 aromatic carbocycles. The fourth-order valence-electron chi connectivity index (χ4n) is 3.68. The lowest BCUT2D eigenvalue weighted by molar-refractivity contribution is -0.116. The molecule has 10 heteroatoms. The summed E-state index contributed by atoms with van der Waals surface area (Å²) in [6, 6.07) is 0. The number of nitrogens with zero attached hydrogens (tertiary/aromatic N) is 5. The highest BCUT2D eigenvalue weighted by Gasteiger charge is 2.23. The molecule has 0 aliphatic heterocycles. The molecule has 28 heavy (non-hydrogen) atoms. The maximum atomic E-state index is 12.7. The summed E-state index contributed by atoms with van der Waals surface area (Å²) in [6.07, 6.45) is 5.66. The van der Waals surface area contributed by atoms with Gasteiger partial charge in [0.25, 0.3) is 5.56 Å². The van der Waals surface area contributed by atoms with Gasteiger partial charge in [-0.3, -0.25) is 14.2 Å². The standard InChI is InChI=1S/C18H22N6O3S/c1-4-10-5-6-11-12(7-10)28-17(20-11)21-13(25)8-24-16(26)14-15(19-9-22(14)2)23(3)18(24)27/h9-10H,4-8H2,1-3H3,(H,20,21,25)/t10-/m1/s1. The summed E-state index contributed by atoms with van der Waals surface area (Å²) >= 11 is 1.48. The van der Waals surface area contributed by atoms with Gasteiger partial charge in [0.2, 0.25) is 5.91 Å². The van der Waals surface area contributed by atoms with Crippen LogP contribution in [0.1, 0.15) is 30.3 Å². The summed E-state index contributed by atoms with van der Waals surface area (Å²) in [7, 11) is 3.21. The van der Waals surface area contributed by atoms with E-state index in [1.54, 1.807) is 11.6 Å². The van der Waals surface area contributed by atoms with Crippen molar-refractivity contribution >= 4 is 33.5 Å². The van der Waals surface area contributed by atoms with E-state index in [9.17, 15) is 14.4 Å². The summed E-state index contributed by atoms with van der Waals surface area (Å²) in [4.78, 5) is 47.5. The molecule has 3 aromatic heterocycles. The average Bonchev–Trinajstić information content (AvgIpc) is 3.25. The van der Waals surface area contributed by atoms with Crippen molar-refractivity contribution in [3.05, 3.63) is 37.7 Å². The van der Waals surface area contributed by atoms with Crippen molar-refractivity contribution in [2.75, 3.05) is 5.32 Å². The first kappa shape index (κ1) is 18.6. The number of carbonyl (C=O) groups is 1. The predicted molar refractivity (Wildman–Crippen MR) is 107 cm³/mol. The molecule has 0 radical (unpaired) electrons. The molecule has 148 valence electrons. The Morgan fingerprint density at radius 2 is 2.14 bits per heavy atom. The van der Waals surface area contributed by atoms with Gasteiger partial charge in [0.1, 0.15) is 6.54 Å². The topological polar surface area (TPSA) is 104 Å². The Labute approximate surface area is 164 Å².